The van der Waals surface area contributed by atoms with Crippen molar-refractivity contribution in [3.05, 3.63) is 65.6 Å². The average molecular weight is 396 g/mol. The van der Waals surface area contributed by atoms with Gasteiger partial charge in [-0.3, -0.25) is 9.88 Å². The van der Waals surface area contributed by atoms with Crippen molar-refractivity contribution in [2.24, 2.45) is 0 Å². The third-order valence-electron chi connectivity index (χ3n) is 4.96. The first-order valence-corrected chi connectivity index (χ1v) is 10.5. The molecule has 0 amide bonds. The molecule has 1 saturated heterocycles. The smallest absolute Gasteiger partial charge is 0.208 e. The Bertz CT molecular complexity index is 887. The topological polar surface area (TPSA) is 58.3 Å². The number of aromatic nitrogens is 3. The number of anilines is 1. The van der Waals surface area contributed by atoms with Gasteiger partial charge in [-0.15, -0.1) is 11.8 Å². The number of piperazine rings is 1. The van der Waals surface area contributed by atoms with Gasteiger partial charge in [-0.05, 0) is 19.4 Å². The van der Waals surface area contributed by atoms with Crippen LogP contribution in [0.3, 0.4) is 0 Å². The standard InChI is InChI=1S/C21H25N5OS/c1-16-17(2)27-20(23-16)14-25-8-10-26(11-9-25)19-12-22-13-21(24-19)28-15-18-6-4-3-5-7-18/h3-7,12-13H,8-11,14-15H2,1-2H3. The molecule has 4 rings (SSSR count). The molecule has 1 aromatic carbocycles. The van der Waals surface area contributed by atoms with Crippen LogP contribution in [0.15, 0.2) is 52.2 Å². The monoisotopic (exact) mass is 395 g/mol. The predicted molar refractivity (Wildman–Crippen MR) is 112 cm³/mol. The summed E-state index contributed by atoms with van der Waals surface area (Å²) in [5, 5.41) is 0.967. The Morgan fingerprint density at radius 3 is 2.50 bits per heavy atom. The van der Waals surface area contributed by atoms with Crippen LogP contribution in [0.25, 0.3) is 0 Å². The zero-order valence-electron chi connectivity index (χ0n) is 16.3. The van der Waals surface area contributed by atoms with Crippen LogP contribution in [0.4, 0.5) is 5.82 Å². The zero-order valence-corrected chi connectivity index (χ0v) is 17.2. The minimum Gasteiger partial charge on any atom is -0.444 e. The number of thioether (sulfide) groups is 1. The molecule has 0 N–H and O–H groups in total. The second-order valence-electron chi connectivity index (χ2n) is 7.00. The van der Waals surface area contributed by atoms with E-state index in [9.17, 15) is 0 Å². The second kappa shape index (κ2) is 8.75. The number of benzene rings is 1. The number of rotatable bonds is 6. The van der Waals surface area contributed by atoms with Crippen LogP contribution < -0.4 is 4.90 Å². The van der Waals surface area contributed by atoms with Crippen molar-refractivity contribution in [2.75, 3.05) is 31.1 Å². The van der Waals surface area contributed by atoms with E-state index < -0.39 is 0 Å². The highest BCUT2D eigenvalue weighted by atomic mass is 32.2. The first kappa shape index (κ1) is 19.0. The molecule has 7 heteroatoms. The van der Waals surface area contributed by atoms with Crippen LogP contribution >= 0.6 is 11.8 Å². The molecule has 0 saturated carbocycles. The van der Waals surface area contributed by atoms with E-state index in [0.717, 1.165) is 66.7 Å². The van der Waals surface area contributed by atoms with Crippen molar-refractivity contribution >= 4 is 17.6 Å². The van der Waals surface area contributed by atoms with Crippen LogP contribution in [0.1, 0.15) is 22.9 Å². The quantitative estimate of drug-likeness (QED) is 0.590. The fourth-order valence-corrected chi connectivity index (χ4v) is 4.03. The van der Waals surface area contributed by atoms with Gasteiger partial charge in [0, 0.05) is 31.9 Å². The molecule has 6 nitrogen and oxygen atoms in total. The summed E-state index contributed by atoms with van der Waals surface area (Å²) in [7, 11) is 0. The van der Waals surface area contributed by atoms with E-state index in [-0.39, 0.29) is 0 Å². The van der Waals surface area contributed by atoms with Crippen molar-refractivity contribution < 1.29 is 4.42 Å². The first-order chi connectivity index (χ1) is 13.7. The molecular weight excluding hydrogens is 370 g/mol. The molecule has 28 heavy (non-hydrogen) atoms. The van der Waals surface area contributed by atoms with Crippen LogP contribution in [-0.4, -0.2) is 46.0 Å². The van der Waals surface area contributed by atoms with Gasteiger partial charge in [-0.25, -0.2) is 9.97 Å². The lowest BCUT2D eigenvalue weighted by atomic mass is 10.2. The zero-order chi connectivity index (χ0) is 19.3. The van der Waals surface area contributed by atoms with Crippen molar-refractivity contribution in [1.82, 2.24) is 19.9 Å². The van der Waals surface area contributed by atoms with Crippen molar-refractivity contribution in [1.29, 1.82) is 0 Å². The maximum atomic E-state index is 5.72. The van der Waals surface area contributed by atoms with Gasteiger partial charge >= 0.3 is 0 Å². The van der Waals surface area contributed by atoms with Gasteiger partial charge in [0.05, 0.1) is 24.6 Å². The maximum absolute atomic E-state index is 5.72. The number of aryl methyl sites for hydroxylation is 2. The van der Waals surface area contributed by atoms with E-state index in [2.05, 4.69) is 44.0 Å². The fourth-order valence-electron chi connectivity index (χ4n) is 3.22. The summed E-state index contributed by atoms with van der Waals surface area (Å²) in [5.74, 6) is 3.58. The van der Waals surface area contributed by atoms with Gasteiger partial charge in [0.25, 0.3) is 0 Å². The van der Waals surface area contributed by atoms with Gasteiger partial charge in [0.15, 0.2) is 0 Å². The van der Waals surface area contributed by atoms with Crippen molar-refractivity contribution in [3.63, 3.8) is 0 Å². The van der Waals surface area contributed by atoms with Crippen LogP contribution in [0.2, 0.25) is 0 Å². The second-order valence-corrected chi connectivity index (χ2v) is 8.00. The SMILES string of the molecule is Cc1nc(CN2CCN(c3cncc(SCc4ccccc4)n3)CC2)oc1C. The molecule has 1 aliphatic rings. The van der Waals surface area contributed by atoms with Gasteiger partial charge in [-0.1, -0.05) is 30.3 Å². The predicted octanol–water partition coefficient (Wildman–Crippen LogP) is 3.70. The van der Waals surface area contributed by atoms with E-state index in [4.69, 9.17) is 9.40 Å². The number of nitrogens with zero attached hydrogens (tertiary/aromatic N) is 5. The van der Waals surface area contributed by atoms with E-state index in [1.807, 2.05) is 32.3 Å². The summed E-state index contributed by atoms with van der Waals surface area (Å²) in [4.78, 5) is 18.4. The van der Waals surface area contributed by atoms with Crippen molar-refractivity contribution in [3.8, 4) is 0 Å². The lowest BCUT2D eigenvalue weighted by Gasteiger charge is -2.34. The lowest BCUT2D eigenvalue weighted by molar-refractivity contribution is 0.224. The normalized spacial score (nSPS) is 15.1. The third-order valence-corrected chi connectivity index (χ3v) is 5.93. The Kier molecular flexibility index (Phi) is 5.92. The largest absolute Gasteiger partial charge is 0.444 e. The molecule has 0 bridgehead atoms. The first-order valence-electron chi connectivity index (χ1n) is 9.56. The lowest BCUT2D eigenvalue weighted by Crippen LogP contribution is -2.46. The molecule has 0 spiro atoms. The molecule has 2 aromatic heterocycles. The molecule has 0 aliphatic carbocycles. The molecule has 3 aromatic rings. The maximum Gasteiger partial charge on any atom is 0.208 e. The minimum atomic E-state index is 0.765. The highest BCUT2D eigenvalue weighted by molar-refractivity contribution is 7.98. The molecule has 1 aliphatic heterocycles. The third kappa shape index (κ3) is 4.72. The molecular formula is C21H25N5OS. The van der Waals surface area contributed by atoms with E-state index in [0.29, 0.717) is 0 Å². The highest BCUT2D eigenvalue weighted by Crippen LogP contribution is 2.23. The Morgan fingerprint density at radius 1 is 1.00 bits per heavy atom. The van der Waals surface area contributed by atoms with E-state index in [1.165, 1.54) is 5.56 Å². The van der Waals surface area contributed by atoms with Crippen LogP contribution in [0, 0.1) is 13.8 Å². The molecule has 0 radical (unpaired) electrons. The van der Waals surface area contributed by atoms with Crippen LogP contribution in [0.5, 0.6) is 0 Å². The average Bonchev–Trinajstić information content (AvgIpc) is 3.05. The van der Waals surface area contributed by atoms with Gasteiger partial charge in [-0.2, -0.15) is 0 Å². The van der Waals surface area contributed by atoms with Gasteiger partial charge < -0.3 is 9.32 Å². The number of oxazole rings is 1. The number of hydrogen-bond acceptors (Lipinski definition) is 7. The Balaban J connectivity index is 1.31. The van der Waals surface area contributed by atoms with Gasteiger partial charge in [0.2, 0.25) is 5.89 Å². The Morgan fingerprint density at radius 2 is 1.79 bits per heavy atom. The summed E-state index contributed by atoms with van der Waals surface area (Å²) < 4.78 is 5.72. The van der Waals surface area contributed by atoms with E-state index >= 15 is 0 Å². The number of hydrogen-bond donors (Lipinski definition) is 0. The highest BCUT2D eigenvalue weighted by Gasteiger charge is 2.20. The molecule has 3 heterocycles. The summed E-state index contributed by atoms with van der Waals surface area (Å²) >= 11 is 1.73. The van der Waals surface area contributed by atoms with E-state index in [1.54, 1.807) is 11.8 Å². The fraction of sp³-hybridized carbons (Fsp3) is 0.381. The van der Waals surface area contributed by atoms with Crippen molar-refractivity contribution in [2.45, 2.75) is 31.2 Å². The van der Waals surface area contributed by atoms with Crippen LogP contribution in [-0.2, 0) is 12.3 Å². The molecule has 0 unspecified atom stereocenters. The Hall–Kier alpha value is -2.38. The molecule has 146 valence electrons. The summed E-state index contributed by atoms with van der Waals surface area (Å²) in [6.45, 7) is 8.50. The molecule has 1 fully saturated rings. The summed E-state index contributed by atoms with van der Waals surface area (Å²) in [5.41, 5.74) is 2.28. The summed E-state index contributed by atoms with van der Waals surface area (Å²) in [6, 6.07) is 10.5. The Labute approximate surface area is 170 Å². The minimum absolute atomic E-state index is 0.765. The molecule has 0 atom stereocenters. The van der Waals surface area contributed by atoms with Gasteiger partial charge in [0.1, 0.15) is 16.6 Å². The summed E-state index contributed by atoms with van der Waals surface area (Å²) in [6.07, 6.45) is 3.71.